The molecule has 1 saturated heterocycles. The summed E-state index contributed by atoms with van der Waals surface area (Å²) in [6, 6.07) is 27.3. The molecule has 2 aliphatic heterocycles. The van der Waals surface area contributed by atoms with Crippen LogP contribution in [0.4, 0.5) is 0 Å². The Morgan fingerprint density at radius 3 is 2.23 bits per heavy atom. The zero-order valence-corrected chi connectivity index (χ0v) is 20.7. The number of hydrogen-bond acceptors (Lipinski definition) is 4. The van der Waals surface area contributed by atoms with E-state index in [9.17, 15) is 4.79 Å². The number of carbonyl (C=O) groups excluding carboxylic acids is 1. The average Bonchev–Trinajstić information content (AvgIpc) is 3.33. The molecule has 1 fully saturated rings. The van der Waals surface area contributed by atoms with Gasteiger partial charge in [0.2, 0.25) is 0 Å². The van der Waals surface area contributed by atoms with Gasteiger partial charge in [-0.1, -0.05) is 78.4 Å². The molecule has 0 spiro atoms. The van der Waals surface area contributed by atoms with E-state index >= 15 is 0 Å². The molecule has 5 heteroatoms. The molecule has 0 saturated carbocycles. The second-order valence-corrected chi connectivity index (χ2v) is 9.77. The van der Waals surface area contributed by atoms with Crippen molar-refractivity contribution in [2.75, 3.05) is 32.7 Å². The Bertz CT molecular complexity index is 1180. The van der Waals surface area contributed by atoms with Crippen molar-refractivity contribution in [3.05, 3.63) is 107 Å². The Balaban J connectivity index is 1.28. The minimum Gasteiger partial charge on any atom is -0.297 e. The normalized spacial score (nSPS) is 19.1. The van der Waals surface area contributed by atoms with Crippen molar-refractivity contribution >= 4 is 11.6 Å². The number of hydrazone groups is 1. The van der Waals surface area contributed by atoms with E-state index in [0.717, 1.165) is 56.0 Å². The summed E-state index contributed by atoms with van der Waals surface area (Å²) < 4.78 is 0. The van der Waals surface area contributed by atoms with Crippen molar-refractivity contribution in [1.29, 1.82) is 0 Å². The van der Waals surface area contributed by atoms with Gasteiger partial charge in [-0.15, -0.1) is 0 Å². The topological polar surface area (TPSA) is 39.2 Å². The molecule has 1 unspecified atom stereocenters. The summed E-state index contributed by atoms with van der Waals surface area (Å²) in [7, 11) is 0. The monoisotopic (exact) mass is 466 g/mol. The van der Waals surface area contributed by atoms with Crippen LogP contribution in [0.1, 0.15) is 40.3 Å². The molecule has 1 amide bonds. The third-order valence-electron chi connectivity index (χ3n) is 7.13. The van der Waals surface area contributed by atoms with Gasteiger partial charge in [0.05, 0.1) is 18.3 Å². The minimum atomic E-state index is -0.0574. The van der Waals surface area contributed by atoms with Gasteiger partial charge < -0.3 is 0 Å². The van der Waals surface area contributed by atoms with Crippen molar-refractivity contribution in [3.8, 4) is 0 Å². The highest BCUT2D eigenvalue weighted by molar-refractivity contribution is 6.04. The lowest BCUT2D eigenvalue weighted by molar-refractivity contribution is -0.134. The Hall–Kier alpha value is -3.28. The van der Waals surface area contributed by atoms with Crippen molar-refractivity contribution in [2.45, 2.75) is 32.9 Å². The van der Waals surface area contributed by atoms with Crippen LogP contribution in [0.25, 0.3) is 0 Å². The highest BCUT2D eigenvalue weighted by Crippen LogP contribution is 2.33. The van der Waals surface area contributed by atoms with Gasteiger partial charge in [-0.05, 0) is 36.6 Å². The maximum absolute atomic E-state index is 13.6. The van der Waals surface area contributed by atoms with Gasteiger partial charge >= 0.3 is 0 Å². The van der Waals surface area contributed by atoms with Crippen LogP contribution >= 0.6 is 0 Å². The summed E-state index contributed by atoms with van der Waals surface area (Å²) in [5.74, 6) is 0.0793. The fourth-order valence-electron chi connectivity index (χ4n) is 5.10. The van der Waals surface area contributed by atoms with Gasteiger partial charge in [-0.3, -0.25) is 14.6 Å². The molecule has 2 aliphatic rings. The number of rotatable bonds is 6. The average molecular weight is 467 g/mol. The Kier molecular flexibility index (Phi) is 7.07. The van der Waals surface area contributed by atoms with Crippen LogP contribution in [0.3, 0.4) is 0 Å². The number of carbonyl (C=O) groups is 1. The van der Waals surface area contributed by atoms with Crippen LogP contribution in [-0.2, 0) is 11.3 Å². The number of piperazine rings is 1. The predicted molar refractivity (Wildman–Crippen MR) is 141 cm³/mol. The lowest BCUT2D eigenvalue weighted by atomic mass is 9.95. The third-order valence-corrected chi connectivity index (χ3v) is 7.13. The van der Waals surface area contributed by atoms with Crippen LogP contribution in [0, 0.1) is 13.8 Å². The van der Waals surface area contributed by atoms with Gasteiger partial charge in [-0.2, -0.15) is 5.10 Å². The SMILES string of the molecule is Cc1ccc(C)c(C2=NN(C(=O)CN3CCN(Cc4ccccc4)CC3)C(c3ccccc3)C2)c1. The van der Waals surface area contributed by atoms with Crippen molar-refractivity contribution in [2.24, 2.45) is 5.10 Å². The molecule has 0 aliphatic carbocycles. The van der Waals surface area contributed by atoms with E-state index in [-0.39, 0.29) is 11.9 Å². The molecule has 5 rings (SSSR count). The maximum Gasteiger partial charge on any atom is 0.257 e. The van der Waals surface area contributed by atoms with Gasteiger partial charge in [0, 0.05) is 44.7 Å². The van der Waals surface area contributed by atoms with Gasteiger partial charge in [0.1, 0.15) is 0 Å². The number of nitrogens with zero attached hydrogens (tertiary/aromatic N) is 4. The predicted octanol–water partition coefficient (Wildman–Crippen LogP) is 4.80. The van der Waals surface area contributed by atoms with E-state index in [1.54, 1.807) is 5.01 Å². The maximum atomic E-state index is 13.6. The fourth-order valence-corrected chi connectivity index (χ4v) is 5.10. The molecule has 0 bridgehead atoms. The molecule has 5 nitrogen and oxygen atoms in total. The van der Waals surface area contributed by atoms with Crippen LogP contribution < -0.4 is 0 Å². The molecule has 0 N–H and O–H groups in total. The van der Waals surface area contributed by atoms with Gasteiger partial charge in [-0.25, -0.2) is 5.01 Å². The number of amides is 1. The molecule has 3 aromatic rings. The van der Waals surface area contributed by atoms with Gasteiger partial charge in [0.15, 0.2) is 0 Å². The molecule has 180 valence electrons. The van der Waals surface area contributed by atoms with E-state index in [4.69, 9.17) is 5.10 Å². The minimum absolute atomic E-state index is 0.0574. The summed E-state index contributed by atoms with van der Waals surface area (Å²) in [6.45, 7) is 9.34. The lowest BCUT2D eigenvalue weighted by Crippen LogP contribution is -2.49. The molecule has 35 heavy (non-hydrogen) atoms. The highest BCUT2D eigenvalue weighted by Gasteiger charge is 2.34. The Morgan fingerprint density at radius 2 is 1.51 bits per heavy atom. The van der Waals surface area contributed by atoms with Crippen LogP contribution in [0.2, 0.25) is 0 Å². The van der Waals surface area contributed by atoms with Gasteiger partial charge in [0.25, 0.3) is 5.91 Å². The second-order valence-electron chi connectivity index (χ2n) is 9.77. The van der Waals surface area contributed by atoms with Crippen LogP contribution in [0.15, 0.2) is 84.0 Å². The number of aryl methyl sites for hydroxylation is 2. The molecule has 2 heterocycles. The van der Waals surface area contributed by atoms with E-state index in [1.165, 1.54) is 16.7 Å². The molecular formula is C30H34N4O. The van der Waals surface area contributed by atoms with Crippen molar-refractivity contribution < 1.29 is 4.79 Å². The third kappa shape index (κ3) is 5.53. The molecule has 1 atom stereocenters. The van der Waals surface area contributed by atoms with Crippen molar-refractivity contribution in [3.63, 3.8) is 0 Å². The first-order valence-electron chi connectivity index (χ1n) is 12.6. The first kappa shape index (κ1) is 23.5. The number of hydrogen-bond donors (Lipinski definition) is 0. The second kappa shape index (κ2) is 10.5. The summed E-state index contributed by atoms with van der Waals surface area (Å²) in [5.41, 5.74) is 7.04. The summed E-state index contributed by atoms with van der Waals surface area (Å²) in [6.07, 6.45) is 0.741. The zero-order valence-electron chi connectivity index (χ0n) is 20.7. The molecule has 0 aromatic heterocycles. The van der Waals surface area contributed by atoms with E-state index in [1.807, 2.05) is 18.2 Å². The van der Waals surface area contributed by atoms with Crippen LogP contribution in [0.5, 0.6) is 0 Å². The summed E-state index contributed by atoms with van der Waals surface area (Å²) >= 11 is 0. The van der Waals surface area contributed by atoms with Crippen molar-refractivity contribution in [1.82, 2.24) is 14.8 Å². The summed E-state index contributed by atoms with van der Waals surface area (Å²) in [4.78, 5) is 18.3. The fraction of sp³-hybridized carbons (Fsp3) is 0.333. The summed E-state index contributed by atoms with van der Waals surface area (Å²) in [5, 5.41) is 6.67. The largest absolute Gasteiger partial charge is 0.297 e. The van der Waals surface area contributed by atoms with Crippen LogP contribution in [-0.4, -0.2) is 59.2 Å². The Morgan fingerprint density at radius 1 is 0.857 bits per heavy atom. The zero-order chi connectivity index (χ0) is 24.2. The Labute approximate surface area is 208 Å². The molecular weight excluding hydrogens is 432 g/mol. The first-order chi connectivity index (χ1) is 17.1. The quantitative estimate of drug-likeness (QED) is 0.524. The highest BCUT2D eigenvalue weighted by atomic mass is 16.2. The number of benzene rings is 3. The van der Waals surface area contributed by atoms with E-state index < -0.39 is 0 Å². The smallest absolute Gasteiger partial charge is 0.257 e. The first-order valence-corrected chi connectivity index (χ1v) is 12.6. The molecule has 3 aromatic carbocycles. The molecule has 0 radical (unpaired) electrons. The lowest BCUT2D eigenvalue weighted by Gasteiger charge is -2.35. The van der Waals surface area contributed by atoms with E-state index in [2.05, 4.69) is 84.3 Å². The van der Waals surface area contributed by atoms with E-state index in [0.29, 0.717) is 6.54 Å². The standard InChI is InChI=1S/C30H34N4O/c1-23-13-14-24(2)27(19-23)28-20-29(26-11-7-4-8-12-26)34(31-28)30(35)22-33-17-15-32(16-18-33)21-25-9-5-3-6-10-25/h3-14,19,29H,15-18,20-22H2,1-2H3.